The lowest BCUT2D eigenvalue weighted by molar-refractivity contribution is 0.177. The zero-order chi connectivity index (χ0) is 7.61. The third-order valence-corrected chi connectivity index (χ3v) is 1.76. The van der Waals surface area contributed by atoms with Gasteiger partial charge >= 0.3 is 0 Å². The van der Waals surface area contributed by atoms with E-state index in [4.69, 9.17) is 0 Å². The van der Waals surface area contributed by atoms with E-state index in [-0.39, 0.29) is 5.54 Å². The number of hydrogen-bond acceptors (Lipinski definition) is 2. The summed E-state index contributed by atoms with van der Waals surface area (Å²) in [5.74, 6) is 0. The van der Waals surface area contributed by atoms with Gasteiger partial charge in [0.1, 0.15) is 0 Å². The van der Waals surface area contributed by atoms with E-state index in [1.807, 2.05) is 12.3 Å². The van der Waals surface area contributed by atoms with Crippen molar-refractivity contribution < 1.29 is 0 Å². The van der Waals surface area contributed by atoms with Crippen LogP contribution in [-0.4, -0.2) is 23.3 Å². The van der Waals surface area contributed by atoms with Crippen molar-refractivity contribution in [2.24, 2.45) is 5.10 Å². The van der Waals surface area contributed by atoms with E-state index in [9.17, 15) is 0 Å². The summed E-state index contributed by atoms with van der Waals surface area (Å²) in [7, 11) is 0. The molecule has 0 aromatic heterocycles. The van der Waals surface area contributed by atoms with Crippen LogP contribution in [0.5, 0.6) is 0 Å². The third kappa shape index (κ3) is 1.20. The highest BCUT2D eigenvalue weighted by Crippen LogP contribution is 2.17. The number of allylic oxidation sites excluding steroid dienone is 1. The molecule has 0 saturated carbocycles. The lowest BCUT2D eigenvalue weighted by Crippen LogP contribution is -2.39. The molecule has 0 fully saturated rings. The van der Waals surface area contributed by atoms with Gasteiger partial charge in [-0.1, -0.05) is 6.08 Å². The summed E-state index contributed by atoms with van der Waals surface area (Å²) in [5, 5.41) is 6.28. The van der Waals surface area contributed by atoms with Crippen LogP contribution in [0.15, 0.2) is 17.3 Å². The fourth-order valence-corrected chi connectivity index (χ4v) is 1.12. The quantitative estimate of drug-likeness (QED) is 0.538. The second-order valence-electron chi connectivity index (χ2n) is 2.99. The average Bonchev–Trinajstić information content (AvgIpc) is 1.87. The molecule has 56 valence electrons. The molecule has 0 saturated heterocycles. The highest BCUT2D eigenvalue weighted by atomic mass is 15.5. The van der Waals surface area contributed by atoms with Crippen LogP contribution in [-0.2, 0) is 0 Å². The standard InChI is InChI=1S/C8H14N2/c1-4-10-8(2,3)6-5-7-9-10/h5-7H,4H2,1-3H3. The van der Waals surface area contributed by atoms with E-state index in [1.54, 1.807) is 0 Å². The van der Waals surface area contributed by atoms with Crippen molar-refractivity contribution in [3.63, 3.8) is 0 Å². The highest BCUT2D eigenvalue weighted by Gasteiger charge is 2.21. The molecule has 1 heterocycles. The van der Waals surface area contributed by atoms with Gasteiger partial charge in [-0.05, 0) is 26.8 Å². The summed E-state index contributed by atoms with van der Waals surface area (Å²) in [6.07, 6.45) is 5.98. The number of nitrogens with zero attached hydrogens (tertiary/aromatic N) is 2. The van der Waals surface area contributed by atoms with Gasteiger partial charge in [-0.2, -0.15) is 5.10 Å². The van der Waals surface area contributed by atoms with Crippen molar-refractivity contribution in [1.82, 2.24) is 5.01 Å². The fourth-order valence-electron chi connectivity index (χ4n) is 1.12. The van der Waals surface area contributed by atoms with E-state index in [1.165, 1.54) is 0 Å². The van der Waals surface area contributed by atoms with E-state index in [0.717, 1.165) is 6.54 Å². The second kappa shape index (κ2) is 2.45. The van der Waals surface area contributed by atoms with Gasteiger partial charge < -0.3 is 0 Å². The van der Waals surface area contributed by atoms with Crippen molar-refractivity contribution in [1.29, 1.82) is 0 Å². The maximum absolute atomic E-state index is 4.22. The van der Waals surface area contributed by atoms with Gasteiger partial charge in [0.15, 0.2) is 0 Å². The fraction of sp³-hybridized carbons (Fsp3) is 0.625. The Bertz CT molecular complexity index is 168. The summed E-state index contributed by atoms with van der Waals surface area (Å²) >= 11 is 0. The summed E-state index contributed by atoms with van der Waals surface area (Å²) in [6.45, 7) is 7.39. The van der Waals surface area contributed by atoms with E-state index in [2.05, 4.69) is 37.0 Å². The van der Waals surface area contributed by atoms with Crippen LogP contribution in [0.2, 0.25) is 0 Å². The third-order valence-electron chi connectivity index (χ3n) is 1.76. The first-order valence-electron chi connectivity index (χ1n) is 3.66. The van der Waals surface area contributed by atoms with Gasteiger partial charge in [-0.15, -0.1) is 0 Å². The predicted octanol–water partition coefficient (Wildman–Crippen LogP) is 1.64. The van der Waals surface area contributed by atoms with Crippen molar-refractivity contribution in [2.45, 2.75) is 26.3 Å². The first-order chi connectivity index (χ1) is 4.67. The Balaban J connectivity index is 2.74. The average molecular weight is 138 g/mol. The first kappa shape index (κ1) is 7.32. The highest BCUT2D eigenvalue weighted by molar-refractivity contribution is 5.72. The lowest BCUT2D eigenvalue weighted by Gasteiger charge is -2.34. The molecule has 0 aromatic carbocycles. The Morgan fingerprint density at radius 2 is 2.20 bits per heavy atom. The summed E-state index contributed by atoms with van der Waals surface area (Å²) < 4.78 is 0. The molecule has 0 atom stereocenters. The monoisotopic (exact) mass is 138 g/mol. The van der Waals surface area contributed by atoms with Crippen LogP contribution < -0.4 is 0 Å². The van der Waals surface area contributed by atoms with Gasteiger partial charge in [0.05, 0.1) is 5.54 Å². The van der Waals surface area contributed by atoms with Crippen LogP contribution in [0.3, 0.4) is 0 Å². The maximum atomic E-state index is 4.22. The van der Waals surface area contributed by atoms with E-state index < -0.39 is 0 Å². The Morgan fingerprint density at radius 1 is 1.50 bits per heavy atom. The molecule has 0 amide bonds. The molecule has 1 aliphatic heterocycles. The van der Waals surface area contributed by atoms with Crippen LogP contribution in [0.1, 0.15) is 20.8 Å². The van der Waals surface area contributed by atoms with E-state index >= 15 is 0 Å². The predicted molar refractivity (Wildman–Crippen MR) is 44.1 cm³/mol. The minimum Gasteiger partial charge on any atom is -0.288 e. The van der Waals surface area contributed by atoms with Gasteiger partial charge in [0, 0.05) is 12.8 Å². The van der Waals surface area contributed by atoms with Crippen LogP contribution >= 0.6 is 0 Å². The largest absolute Gasteiger partial charge is 0.288 e. The summed E-state index contributed by atoms with van der Waals surface area (Å²) in [4.78, 5) is 0. The molecule has 0 bridgehead atoms. The maximum Gasteiger partial charge on any atom is 0.0705 e. The SMILES string of the molecule is CCN1N=CC=CC1(C)C. The topological polar surface area (TPSA) is 15.6 Å². The van der Waals surface area contributed by atoms with Gasteiger partial charge in [-0.25, -0.2) is 0 Å². The molecule has 2 nitrogen and oxygen atoms in total. The summed E-state index contributed by atoms with van der Waals surface area (Å²) in [5.41, 5.74) is 0.101. The lowest BCUT2D eigenvalue weighted by atomic mass is 10.0. The van der Waals surface area contributed by atoms with Crippen molar-refractivity contribution >= 4 is 6.21 Å². The van der Waals surface area contributed by atoms with Gasteiger partial charge in [0.25, 0.3) is 0 Å². The van der Waals surface area contributed by atoms with Crippen molar-refractivity contribution in [3.8, 4) is 0 Å². The molecule has 1 aliphatic rings. The van der Waals surface area contributed by atoms with Crippen LogP contribution in [0.25, 0.3) is 0 Å². The Morgan fingerprint density at radius 3 is 2.60 bits per heavy atom. The first-order valence-corrected chi connectivity index (χ1v) is 3.66. The summed E-state index contributed by atoms with van der Waals surface area (Å²) in [6, 6.07) is 0. The van der Waals surface area contributed by atoms with Gasteiger partial charge in [-0.3, -0.25) is 5.01 Å². The van der Waals surface area contributed by atoms with Crippen LogP contribution in [0.4, 0.5) is 0 Å². The molecule has 0 aromatic rings. The Kier molecular flexibility index (Phi) is 1.79. The molecule has 0 radical (unpaired) electrons. The number of likely N-dealkylation sites (N-methyl/N-ethyl adjacent to an activating group) is 1. The van der Waals surface area contributed by atoms with Gasteiger partial charge in [0.2, 0.25) is 0 Å². The minimum atomic E-state index is 0.101. The van der Waals surface area contributed by atoms with E-state index in [0.29, 0.717) is 0 Å². The molecular formula is C8H14N2. The molecule has 2 heteroatoms. The minimum absolute atomic E-state index is 0.101. The second-order valence-corrected chi connectivity index (χ2v) is 2.99. The molecule has 1 rings (SSSR count). The van der Waals surface area contributed by atoms with Crippen LogP contribution in [0, 0.1) is 0 Å². The zero-order valence-corrected chi connectivity index (χ0v) is 6.83. The van der Waals surface area contributed by atoms with Crippen molar-refractivity contribution in [3.05, 3.63) is 12.2 Å². The molecule has 0 aliphatic carbocycles. The number of rotatable bonds is 1. The zero-order valence-electron chi connectivity index (χ0n) is 6.83. The molecule has 10 heavy (non-hydrogen) atoms. The molecule has 0 N–H and O–H groups in total. The molecular weight excluding hydrogens is 124 g/mol. The number of hydrogen-bond donors (Lipinski definition) is 0. The normalized spacial score (nSPS) is 21.7. The van der Waals surface area contributed by atoms with Crippen molar-refractivity contribution in [2.75, 3.05) is 6.54 Å². The Hall–Kier alpha value is -0.790. The Labute approximate surface area is 62.2 Å². The molecule has 0 unspecified atom stereocenters. The number of hydrazone groups is 1. The molecule has 0 spiro atoms. The smallest absolute Gasteiger partial charge is 0.0705 e.